The standard InChI is InChI=1S/C19H14N2O5/c22-19(23)17-6-3-4-14(20-17)12-26-15-10-8-13(9-11-15)16-5-1-2-7-18(16)21(24)25/h1-11H,12H2,(H,22,23). The molecule has 0 aliphatic carbocycles. The number of carboxylic acid groups (broad SMARTS) is 1. The molecule has 3 aromatic rings. The molecule has 0 aliphatic heterocycles. The average molecular weight is 350 g/mol. The zero-order chi connectivity index (χ0) is 18.5. The van der Waals surface area contributed by atoms with Crippen molar-refractivity contribution >= 4 is 11.7 Å². The van der Waals surface area contributed by atoms with Crippen LogP contribution in [-0.4, -0.2) is 21.0 Å². The van der Waals surface area contributed by atoms with Gasteiger partial charge in [-0.3, -0.25) is 10.1 Å². The zero-order valence-electron chi connectivity index (χ0n) is 13.5. The topological polar surface area (TPSA) is 103 Å². The fourth-order valence-electron chi connectivity index (χ4n) is 2.44. The summed E-state index contributed by atoms with van der Waals surface area (Å²) < 4.78 is 5.61. The maximum absolute atomic E-state index is 11.1. The van der Waals surface area contributed by atoms with E-state index in [9.17, 15) is 14.9 Å². The van der Waals surface area contributed by atoms with Gasteiger partial charge in [0.15, 0.2) is 0 Å². The molecule has 0 amide bonds. The maximum atomic E-state index is 11.1. The molecule has 1 heterocycles. The van der Waals surface area contributed by atoms with E-state index in [0.717, 1.165) is 0 Å². The summed E-state index contributed by atoms with van der Waals surface area (Å²) >= 11 is 0. The van der Waals surface area contributed by atoms with Gasteiger partial charge in [-0.2, -0.15) is 0 Å². The van der Waals surface area contributed by atoms with Gasteiger partial charge >= 0.3 is 5.97 Å². The van der Waals surface area contributed by atoms with Crippen molar-refractivity contribution in [1.29, 1.82) is 0 Å². The summed E-state index contributed by atoms with van der Waals surface area (Å²) in [4.78, 5) is 25.6. The smallest absolute Gasteiger partial charge is 0.354 e. The highest BCUT2D eigenvalue weighted by molar-refractivity contribution is 5.85. The Morgan fingerprint density at radius 2 is 1.77 bits per heavy atom. The SMILES string of the molecule is O=C(O)c1cccc(COc2ccc(-c3ccccc3[N+](=O)[O-])cc2)n1. The van der Waals surface area contributed by atoms with Crippen LogP contribution in [0.4, 0.5) is 5.69 Å². The van der Waals surface area contributed by atoms with E-state index in [-0.39, 0.29) is 18.0 Å². The van der Waals surface area contributed by atoms with Crippen LogP contribution in [0, 0.1) is 10.1 Å². The predicted octanol–water partition coefficient (Wildman–Crippen LogP) is 3.93. The normalized spacial score (nSPS) is 10.3. The third kappa shape index (κ3) is 3.84. The number of pyridine rings is 1. The molecule has 0 atom stereocenters. The number of rotatable bonds is 6. The molecule has 0 saturated heterocycles. The van der Waals surface area contributed by atoms with Gasteiger partial charge in [-0.1, -0.05) is 30.3 Å². The molecule has 1 aromatic heterocycles. The van der Waals surface area contributed by atoms with Gasteiger partial charge < -0.3 is 9.84 Å². The summed E-state index contributed by atoms with van der Waals surface area (Å²) in [5, 5.41) is 20.1. The summed E-state index contributed by atoms with van der Waals surface area (Å²) in [5.41, 5.74) is 1.72. The summed E-state index contributed by atoms with van der Waals surface area (Å²) in [6.07, 6.45) is 0. The Hall–Kier alpha value is -3.74. The number of ether oxygens (including phenoxy) is 1. The number of nitrogens with zero attached hydrogens (tertiary/aromatic N) is 2. The number of hydrogen-bond donors (Lipinski definition) is 1. The Bertz CT molecular complexity index is 954. The van der Waals surface area contributed by atoms with Crippen LogP contribution >= 0.6 is 0 Å². The molecule has 0 saturated carbocycles. The Morgan fingerprint density at radius 3 is 2.46 bits per heavy atom. The minimum absolute atomic E-state index is 0.0378. The van der Waals surface area contributed by atoms with Crippen molar-refractivity contribution in [3.05, 3.63) is 88.2 Å². The van der Waals surface area contributed by atoms with Crippen molar-refractivity contribution in [2.75, 3.05) is 0 Å². The molecule has 0 aliphatic rings. The number of nitro groups is 1. The number of nitro benzene ring substituents is 1. The molecule has 0 spiro atoms. The summed E-state index contributed by atoms with van der Waals surface area (Å²) in [6, 6.07) is 18.1. The van der Waals surface area contributed by atoms with Gasteiger partial charge in [0.2, 0.25) is 0 Å². The quantitative estimate of drug-likeness (QED) is 0.534. The van der Waals surface area contributed by atoms with E-state index in [1.165, 1.54) is 12.1 Å². The minimum Gasteiger partial charge on any atom is -0.487 e. The molecule has 7 heteroatoms. The van der Waals surface area contributed by atoms with E-state index in [2.05, 4.69) is 4.98 Å². The van der Waals surface area contributed by atoms with E-state index >= 15 is 0 Å². The van der Waals surface area contributed by atoms with Crippen molar-refractivity contribution in [3.63, 3.8) is 0 Å². The molecule has 26 heavy (non-hydrogen) atoms. The molecule has 0 bridgehead atoms. The van der Waals surface area contributed by atoms with Crippen LogP contribution in [0.1, 0.15) is 16.2 Å². The molecule has 0 radical (unpaired) electrons. The van der Waals surface area contributed by atoms with Gasteiger partial charge in [-0.25, -0.2) is 9.78 Å². The number of hydrogen-bond acceptors (Lipinski definition) is 5. The zero-order valence-corrected chi connectivity index (χ0v) is 13.5. The average Bonchev–Trinajstić information content (AvgIpc) is 2.67. The molecular formula is C19H14N2O5. The van der Waals surface area contributed by atoms with Crippen LogP contribution in [0.5, 0.6) is 5.75 Å². The van der Waals surface area contributed by atoms with Gasteiger partial charge in [0.25, 0.3) is 5.69 Å². The summed E-state index contributed by atoms with van der Waals surface area (Å²) in [5.74, 6) is -0.546. The van der Waals surface area contributed by atoms with E-state index in [1.54, 1.807) is 54.6 Å². The third-order valence-electron chi connectivity index (χ3n) is 3.68. The van der Waals surface area contributed by atoms with Gasteiger partial charge in [0, 0.05) is 6.07 Å². The van der Waals surface area contributed by atoms with Crippen molar-refractivity contribution in [2.45, 2.75) is 6.61 Å². The lowest BCUT2D eigenvalue weighted by molar-refractivity contribution is -0.384. The van der Waals surface area contributed by atoms with Crippen LogP contribution in [-0.2, 0) is 6.61 Å². The summed E-state index contributed by atoms with van der Waals surface area (Å²) in [6.45, 7) is 0.117. The summed E-state index contributed by atoms with van der Waals surface area (Å²) in [7, 11) is 0. The second-order valence-corrected chi connectivity index (χ2v) is 5.41. The van der Waals surface area contributed by atoms with Crippen LogP contribution in [0.2, 0.25) is 0 Å². The van der Waals surface area contributed by atoms with Gasteiger partial charge in [-0.05, 0) is 35.9 Å². The number of benzene rings is 2. The first-order valence-electron chi connectivity index (χ1n) is 7.70. The fraction of sp³-hybridized carbons (Fsp3) is 0.0526. The molecule has 3 rings (SSSR count). The van der Waals surface area contributed by atoms with Crippen molar-refractivity contribution in [3.8, 4) is 16.9 Å². The van der Waals surface area contributed by atoms with Gasteiger partial charge in [0.05, 0.1) is 16.2 Å². The Morgan fingerprint density at radius 1 is 1.04 bits per heavy atom. The largest absolute Gasteiger partial charge is 0.487 e. The highest BCUT2D eigenvalue weighted by Crippen LogP contribution is 2.30. The third-order valence-corrected chi connectivity index (χ3v) is 3.68. The molecule has 7 nitrogen and oxygen atoms in total. The Balaban J connectivity index is 1.74. The number of carbonyl (C=O) groups is 1. The molecule has 2 aromatic carbocycles. The number of carboxylic acids is 1. The second kappa shape index (κ2) is 7.43. The number of para-hydroxylation sites is 1. The maximum Gasteiger partial charge on any atom is 0.354 e. The highest BCUT2D eigenvalue weighted by Gasteiger charge is 2.14. The first-order valence-corrected chi connectivity index (χ1v) is 7.70. The molecule has 130 valence electrons. The fourth-order valence-corrected chi connectivity index (χ4v) is 2.44. The molecule has 0 fully saturated rings. The van der Waals surface area contributed by atoms with Crippen molar-refractivity contribution < 1.29 is 19.6 Å². The predicted molar refractivity (Wildman–Crippen MR) is 94.1 cm³/mol. The van der Waals surface area contributed by atoms with Crippen LogP contribution in [0.15, 0.2) is 66.7 Å². The van der Waals surface area contributed by atoms with Crippen LogP contribution < -0.4 is 4.74 Å². The van der Waals surface area contributed by atoms with E-state index in [4.69, 9.17) is 9.84 Å². The lowest BCUT2D eigenvalue weighted by Crippen LogP contribution is -2.04. The van der Waals surface area contributed by atoms with E-state index < -0.39 is 10.9 Å². The van der Waals surface area contributed by atoms with Crippen LogP contribution in [0.25, 0.3) is 11.1 Å². The van der Waals surface area contributed by atoms with Crippen molar-refractivity contribution in [1.82, 2.24) is 4.98 Å². The van der Waals surface area contributed by atoms with E-state index in [1.807, 2.05) is 0 Å². The minimum atomic E-state index is -1.10. The second-order valence-electron chi connectivity index (χ2n) is 5.41. The molecule has 0 unspecified atom stereocenters. The Labute approximate surface area is 148 Å². The number of aromatic carboxylic acids is 1. The van der Waals surface area contributed by atoms with E-state index in [0.29, 0.717) is 22.6 Å². The molecule has 1 N–H and O–H groups in total. The van der Waals surface area contributed by atoms with Gasteiger partial charge in [-0.15, -0.1) is 0 Å². The lowest BCUT2D eigenvalue weighted by Gasteiger charge is -2.08. The van der Waals surface area contributed by atoms with Crippen LogP contribution in [0.3, 0.4) is 0 Å². The number of aromatic nitrogens is 1. The highest BCUT2D eigenvalue weighted by atomic mass is 16.6. The molecular weight excluding hydrogens is 336 g/mol. The first kappa shape index (κ1) is 17.1. The monoisotopic (exact) mass is 350 g/mol. The lowest BCUT2D eigenvalue weighted by atomic mass is 10.0. The first-order chi connectivity index (χ1) is 12.5. The Kier molecular flexibility index (Phi) is 4.89. The van der Waals surface area contributed by atoms with Gasteiger partial charge in [0.1, 0.15) is 18.1 Å². The van der Waals surface area contributed by atoms with Crippen molar-refractivity contribution in [2.24, 2.45) is 0 Å².